The molecule has 1 aromatic carbocycles. The van der Waals surface area contributed by atoms with Gasteiger partial charge in [-0.3, -0.25) is 4.79 Å². The van der Waals surface area contributed by atoms with Gasteiger partial charge in [0.05, 0.1) is 0 Å². The van der Waals surface area contributed by atoms with Crippen LogP contribution in [0, 0.1) is 0 Å². The van der Waals surface area contributed by atoms with Crippen molar-refractivity contribution in [2.75, 3.05) is 6.54 Å². The number of rotatable bonds is 3. The van der Waals surface area contributed by atoms with Crippen molar-refractivity contribution < 1.29 is 4.79 Å². The molecule has 3 nitrogen and oxygen atoms in total. The fourth-order valence-electron chi connectivity index (χ4n) is 1.85. The first-order valence-electron chi connectivity index (χ1n) is 5.52. The van der Waals surface area contributed by atoms with E-state index in [1.54, 1.807) is 18.2 Å². The van der Waals surface area contributed by atoms with E-state index in [1.807, 2.05) is 0 Å². The summed E-state index contributed by atoms with van der Waals surface area (Å²) >= 11 is 11.7. The lowest BCUT2D eigenvalue weighted by Gasteiger charge is -2.38. The Morgan fingerprint density at radius 3 is 2.28 bits per heavy atom. The predicted octanol–water partition coefficient (Wildman–Crippen LogP) is 3.03. The summed E-state index contributed by atoms with van der Waals surface area (Å²) in [6.07, 6.45) is 3.06. The molecule has 1 aliphatic carbocycles. The number of hydrogen-bond acceptors (Lipinski definition) is 2. The Labute approximate surface area is 122 Å². The number of carbonyl (C=O) groups is 1. The van der Waals surface area contributed by atoms with E-state index in [0.29, 0.717) is 22.2 Å². The van der Waals surface area contributed by atoms with Crippen LogP contribution in [0.2, 0.25) is 10.0 Å². The van der Waals surface area contributed by atoms with Crippen LogP contribution in [0.1, 0.15) is 29.6 Å². The first-order valence-corrected chi connectivity index (χ1v) is 6.27. The molecule has 1 amide bonds. The van der Waals surface area contributed by atoms with Crippen LogP contribution in [0.15, 0.2) is 18.2 Å². The number of hydrogen-bond donors (Lipinski definition) is 2. The van der Waals surface area contributed by atoms with Crippen molar-refractivity contribution in [2.45, 2.75) is 24.8 Å². The Bertz CT molecular complexity index is 427. The summed E-state index contributed by atoms with van der Waals surface area (Å²) < 4.78 is 0. The molecule has 3 N–H and O–H groups in total. The van der Waals surface area contributed by atoms with Crippen molar-refractivity contribution in [2.24, 2.45) is 5.73 Å². The second-order valence-corrected chi connectivity index (χ2v) is 5.43. The fourth-order valence-corrected chi connectivity index (χ4v) is 2.38. The molecule has 0 aliphatic heterocycles. The Hall–Kier alpha value is -0.480. The van der Waals surface area contributed by atoms with Crippen LogP contribution in [-0.4, -0.2) is 18.0 Å². The van der Waals surface area contributed by atoms with E-state index in [9.17, 15) is 4.79 Å². The average Bonchev–Trinajstić information content (AvgIpc) is 2.22. The maximum atomic E-state index is 11.9. The predicted molar refractivity (Wildman–Crippen MR) is 76.8 cm³/mol. The van der Waals surface area contributed by atoms with Crippen LogP contribution in [0.5, 0.6) is 0 Å². The zero-order valence-electron chi connectivity index (χ0n) is 9.71. The van der Waals surface area contributed by atoms with E-state index in [4.69, 9.17) is 28.9 Å². The molecule has 0 unspecified atom stereocenters. The Morgan fingerprint density at radius 1 is 1.28 bits per heavy atom. The number of halogens is 3. The first kappa shape index (κ1) is 15.6. The van der Waals surface area contributed by atoms with Gasteiger partial charge in [0.25, 0.3) is 5.91 Å². The molecule has 1 saturated carbocycles. The highest BCUT2D eigenvalue weighted by Crippen LogP contribution is 2.28. The molecule has 0 bridgehead atoms. The lowest BCUT2D eigenvalue weighted by Crippen LogP contribution is -2.54. The highest BCUT2D eigenvalue weighted by atomic mass is 35.5. The van der Waals surface area contributed by atoms with Gasteiger partial charge in [0, 0.05) is 27.7 Å². The molecule has 1 fully saturated rings. The Morgan fingerprint density at radius 2 is 1.83 bits per heavy atom. The quantitative estimate of drug-likeness (QED) is 0.901. The molecule has 0 radical (unpaired) electrons. The standard InChI is InChI=1S/C12H14Cl2N2O.ClH/c13-9-4-8(5-10(14)6-9)11(17)16-7-12(15)2-1-3-12;/h4-6H,1-3,7,15H2,(H,16,17);1H. The molecule has 0 spiro atoms. The second-order valence-electron chi connectivity index (χ2n) is 4.56. The van der Waals surface area contributed by atoms with Gasteiger partial charge in [0.15, 0.2) is 0 Å². The van der Waals surface area contributed by atoms with Crippen LogP contribution in [0.4, 0.5) is 0 Å². The van der Waals surface area contributed by atoms with E-state index in [2.05, 4.69) is 5.32 Å². The van der Waals surface area contributed by atoms with Crippen LogP contribution >= 0.6 is 35.6 Å². The Kier molecular flexibility index (Phi) is 5.29. The fraction of sp³-hybridized carbons (Fsp3) is 0.417. The van der Waals surface area contributed by atoms with Crippen LogP contribution in [-0.2, 0) is 0 Å². The largest absolute Gasteiger partial charge is 0.350 e. The summed E-state index contributed by atoms with van der Waals surface area (Å²) in [4.78, 5) is 11.9. The van der Waals surface area contributed by atoms with E-state index >= 15 is 0 Å². The minimum atomic E-state index is -0.224. The van der Waals surface area contributed by atoms with Gasteiger partial charge < -0.3 is 11.1 Å². The summed E-state index contributed by atoms with van der Waals surface area (Å²) in [5.41, 5.74) is 6.26. The number of nitrogens with two attached hydrogens (primary N) is 1. The molecule has 0 heterocycles. The van der Waals surface area contributed by atoms with Gasteiger partial charge in [-0.2, -0.15) is 0 Å². The van der Waals surface area contributed by atoms with Crippen molar-refractivity contribution in [1.29, 1.82) is 0 Å². The molecule has 0 saturated heterocycles. The minimum Gasteiger partial charge on any atom is -0.350 e. The molecule has 0 aromatic heterocycles. The van der Waals surface area contributed by atoms with E-state index in [-0.39, 0.29) is 23.9 Å². The summed E-state index contributed by atoms with van der Waals surface area (Å²) in [6, 6.07) is 4.77. The molecular formula is C12H15Cl3N2O. The zero-order valence-corrected chi connectivity index (χ0v) is 12.0. The van der Waals surface area contributed by atoms with Gasteiger partial charge >= 0.3 is 0 Å². The normalized spacial score (nSPS) is 16.4. The van der Waals surface area contributed by atoms with E-state index in [1.165, 1.54) is 0 Å². The second kappa shape index (κ2) is 6.11. The molecule has 6 heteroatoms. The van der Waals surface area contributed by atoms with Gasteiger partial charge in [-0.15, -0.1) is 12.4 Å². The van der Waals surface area contributed by atoms with Crippen molar-refractivity contribution in [1.82, 2.24) is 5.32 Å². The monoisotopic (exact) mass is 308 g/mol. The summed E-state index contributed by atoms with van der Waals surface area (Å²) in [5, 5.41) is 3.72. The highest BCUT2D eigenvalue weighted by Gasteiger charge is 2.32. The summed E-state index contributed by atoms with van der Waals surface area (Å²) in [5.74, 6) is -0.189. The average molecular weight is 310 g/mol. The molecule has 0 atom stereocenters. The maximum Gasteiger partial charge on any atom is 0.251 e. The van der Waals surface area contributed by atoms with Gasteiger partial charge in [0.2, 0.25) is 0 Å². The van der Waals surface area contributed by atoms with Gasteiger partial charge in [0.1, 0.15) is 0 Å². The van der Waals surface area contributed by atoms with Gasteiger partial charge in [-0.05, 0) is 37.5 Å². The van der Waals surface area contributed by atoms with E-state index < -0.39 is 0 Å². The van der Waals surface area contributed by atoms with Crippen LogP contribution < -0.4 is 11.1 Å². The number of amides is 1. The third-order valence-electron chi connectivity index (χ3n) is 3.08. The molecular weight excluding hydrogens is 295 g/mol. The molecule has 100 valence electrons. The third-order valence-corrected chi connectivity index (χ3v) is 3.51. The molecule has 2 rings (SSSR count). The van der Waals surface area contributed by atoms with Crippen molar-refractivity contribution in [3.05, 3.63) is 33.8 Å². The zero-order chi connectivity index (χ0) is 12.5. The van der Waals surface area contributed by atoms with Crippen LogP contribution in [0.3, 0.4) is 0 Å². The number of carbonyl (C=O) groups excluding carboxylic acids is 1. The van der Waals surface area contributed by atoms with Gasteiger partial charge in [-0.25, -0.2) is 0 Å². The SMILES string of the molecule is Cl.NC1(CNC(=O)c2cc(Cl)cc(Cl)c2)CCC1. The van der Waals surface area contributed by atoms with Gasteiger partial charge in [-0.1, -0.05) is 23.2 Å². The first-order chi connectivity index (χ1) is 7.98. The van der Waals surface area contributed by atoms with Crippen molar-refractivity contribution >= 4 is 41.5 Å². The van der Waals surface area contributed by atoms with Crippen molar-refractivity contribution in [3.8, 4) is 0 Å². The molecule has 18 heavy (non-hydrogen) atoms. The lowest BCUT2D eigenvalue weighted by atomic mass is 9.78. The third kappa shape index (κ3) is 3.75. The topological polar surface area (TPSA) is 55.1 Å². The number of benzene rings is 1. The summed E-state index contributed by atoms with van der Waals surface area (Å²) in [6.45, 7) is 0.496. The number of nitrogens with one attached hydrogen (secondary N) is 1. The maximum absolute atomic E-state index is 11.9. The smallest absolute Gasteiger partial charge is 0.251 e. The Balaban J connectivity index is 0.00000162. The lowest BCUT2D eigenvalue weighted by molar-refractivity contribution is 0.0930. The van der Waals surface area contributed by atoms with E-state index in [0.717, 1.165) is 19.3 Å². The van der Waals surface area contributed by atoms with Crippen molar-refractivity contribution in [3.63, 3.8) is 0 Å². The molecule has 1 aromatic rings. The summed E-state index contributed by atoms with van der Waals surface area (Å²) in [7, 11) is 0. The molecule has 1 aliphatic rings. The minimum absolute atomic E-state index is 0. The van der Waals surface area contributed by atoms with Crippen LogP contribution in [0.25, 0.3) is 0 Å². The highest BCUT2D eigenvalue weighted by molar-refractivity contribution is 6.35.